The summed E-state index contributed by atoms with van der Waals surface area (Å²) in [6.07, 6.45) is -0.337. The van der Waals surface area contributed by atoms with Gasteiger partial charge >= 0.3 is 12.1 Å². The predicted octanol–water partition coefficient (Wildman–Crippen LogP) is 0.771. The molecule has 8 heteroatoms. The third kappa shape index (κ3) is 4.61. The van der Waals surface area contributed by atoms with Gasteiger partial charge in [0.25, 0.3) is 0 Å². The van der Waals surface area contributed by atoms with E-state index in [0.717, 1.165) is 12.1 Å². The number of carbonyl (C=O) groups is 2. The number of carbonyl (C=O) groups excluding carboxylic acids is 2. The van der Waals surface area contributed by atoms with Gasteiger partial charge in [-0.3, -0.25) is 9.86 Å². The lowest BCUT2D eigenvalue weighted by Crippen LogP contribution is -2.53. The van der Waals surface area contributed by atoms with Gasteiger partial charge in [0.2, 0.25) is 0 Å². The van der Waals surface area contributed by atoms with Crippen LogP contribution < -0.4 is 9.86 Å². The summed E-state index contributed by atoms with van der Waals surface area (Å²) in [5.74, 6) is 0. The standard InChI is InChI=1S/C10H20N4O3S/c1-10(2,3)17-9(16)14-6-4-13(5-7-14)8(15)12-18-11/h4-7,11H2,1-3H3,(H,12,15). The van der Waals surface area contributed by atoms with Crippen molar-refractivity contribution in [3.05, 3.63) is 0 Å². The van der Waals surface area contributed by atoms with E-state index in [9.17, 15) is 9.59 Å². The Morgan fingerprint density at radius 3 is 2.11 bits per heavy atom. The van der Waals surface area contributed by atoms with Gasteiger partial charge in [0.05, 0.1) is 0 Å². The zero-order chi connectivity index (χ0) is 13.8. The van der Waals surface area contributed by atoms with Crippen LogP contribution in [-0.4, -0.2) is 53.7 Å². The quantitative estimate of drug-likeness (QED) is 0.691. The van der Waals surface area contributed by atoms with Gasteiger partial charge in [-0.25, -0.2) is 9.59 Å². The monoisotopic (exact) mass is 276 g/mol. The van der Waals surface area contributed by atoms with Crippen molar-refractivity contribution in [1.29, 1.82) is 0 Å². The van der Waals surface area contributed by atoms with Crippen LogP contribution in [-0.2, 0) is 4.74 Å². The Labute approximate surface area is 111 Å². The molecule has 0 radical (unpaired) electrons. The Hall–Kier alpha value is -1.15. The van der Waals surface area contributed by atoms with Crippen molar-refractivity contribution in [3.8, 4) is 0 Å². The van der Waals surface area contributed by atoms with Crippen molar-refractivity contribution in [2.75, 3.05) is 26.2 Å². The van der Waals surface area contributed by atoms with E-state index in [2.05, 4.69) is 4.72 Å². The van der Waals surface area contributed by atoms with Gasteiger partial charge in [0, 0.05) is 38.3 Å². The second-order valence-electron chi connectivity index (χ2n) is 4.98. The highest BCUT2D eigenvalue weighted by Gasteiger charge is 2.27. The fraction of sp³-hybridized carbons (Fsp3) is 0.800. The molecule has 1 heterocycles. The summed E-state index contributed by atoms with van der Waals surface area (Å²) in [5, 5.41) is 5.15. The van der Waals surface area contributed by atoms with Crippen molar-refractivity contribution in [2.24, 2.45) is 5.14 Å². The van der Waals surface area contributed by atoms with Crippen molar-refractivity contribution in [3.63, 3.8) is 0 Å². The van der Waals surface area contributed by atoms with Crippen molar-refractivity contribution >= 4 is 24.3 Å². The number of piperazine rings is 1. The Morgan fingerprint density at radius 2 is 1.67 bits per heavy atom. The molecule has 7 nitrogen and oxygen atoms in total. The van der Waals surface area contributed by atoms with E-state index in [0.29, 0.717) is 26.2 Å². The molecule has 3 amide bonds. The van der Waals surface area contributed by atoms with Crippen molar-refractivity contribution < 1.29 is 14.3 Å². The molecule has 0 aromatic rings. The van der Waals surface area contributed by atoms with E-state index in [1.807, 2.05) is 20.8 Å². The van der Waals surface area contributed by atoms with Crippen LogP contribution in [0.1, 0.15) is 20.8 Å². The summed E-state index contributed by atoms with van der Waals surface area (Å²) in [7, 11) is 0. The van der Waals surface area contributed by atoms with Gasteiger partial charge < -0.3 is 14.5 Å². The van der Waals surface area contributed by atoms with Crippen molar-refractivity contribution in [2.45, 2.75) is 26.4 Å². The summed E-state index contributed by atoms with van der Waals surface area (Å²) in [6, 6.07) is -0.230. The van der Waals surface area contributed by atoms with Gasteiger partial charge in [0.1, 0.15) is 5.60 Å². The molecule has 104 valence electrons. The SMILES string of the molecule is CC(C)(C)OC(=O)N1CCN(C(=O)NSN)CC1. The third-order valence-electron chi connectivity index (χ3n) is 2.36. The summed E-state index contributed by atoms with van der Waals surface area (Å²) >= 11 is 0.772. The van der Waals surface area contributed by atoms with Gasteiger partial charge in [-0.15, -0.1) is 0 Å². The maximum absolute atomic E-state index is 11.8. The molecule has 1 rings (SSSR count). The van der Waals surface area contributed by atoms with Crippen LogP contribution in [0.5, 0.6) is 0 Å². The lowest BCUT2D eigenvalue weighted by Gasteiger charge is -2.35. The van der Waals surface area contributed by atoms with Crippen molar-refractivity contribution in [1.82, 2.24) is 14.5 Å². The lowest BCUT2D eigenvalue weighted by molar-refractivity contribution is 0.0171. The first-order chi connectivity index (χ1) is 8.33. The lowest BCUT2D eigenvalue weighted by atomic mass is 10.2. The molecule has 0 saturated carbocycles. The largest absolute Gasteiger partial charge is 0.444 e. The number of rotatable bonds is 1. The van der Waals surface area contributed by atoms with Gasteiger partial charge in [0.15, 0.2) is 0 Å². The average molecular weight is 276 g/mol. The second-order valence-corrected chi connectivity index (χ2v) is 5.42. The number of urea groups is 1. The number of ether oxygens (including phenoxy) is 1. The number of hydrogen-bond donors (Lipinski definition) is 2. The molecule has 18 heavy (non-hydrogen) atoms. The smallest absolute Gasteiger partial charge is 0.410 e. The van der Waals surface area contributed by atoms with E-state index in [-0.39, 0.29) is 12.1 Å². The average Bonchev–Trinajstić information content (AvgIpc) is 2.27. The van der Waals surface area contributed by atoms with Crippen LogP contribution in [0, 0.1) is 0 Å². The van der Waals surface area contributed by atoms with E-state index in [1.165, 1.54) is 0 Å². The maximum atomic E-state index is 11.8. The van der Waals surface area contributed by atoms with Gasteiger partial charge in [-0.05, 0) is 20.8 Å². The molecule has 1 saturated heterocycles. The third-order valence-corrected chi connectivity index (χ3v) is 2.66. The summed E-state index contributed by atoms with van der Waals surface area (Å²) in [6.45, 7) is 7.37. The number of nitrogens with two attached hydrogens (primary N) is 1. The minimum absolute atomic E-state index is 0.230. The van der Waals surface area contributed by atoms with Crippen LogP contribution >= 0.6 is 12.1 Å². The number of hydrogen-bond acceptors (Lipinski definition) is 5. The first-order valence-electron chi connectivity index (χ1n) is 5.72. The molecule has 3 N–H and O–H groups in total. The molecule has 0 bridgehead atoms. The van der Waals surface area contributed by atoms with E-state index >= 15 is 0 Å². The minimum atomic E-state index is -0.498. The van der Waals surface area contributed by atoms with Crippen LogP contribution in [0.4, 0.5) is 9.59 Å². The second kappa shape index (κ2) is 6.14. The van der Waals surface area contributed by atoms with Gasteiger partial charge in [-0.2, -0.15) is 0 Å². The van der Waals surface area contributed by atoms with E-state index in [1.54, 1.807) is 9.80 Å². The molecule has 0 aromatic heterocycles. The Morgan fingerprint density at radius 1 is 1.17 bits per heavy atom. The first-order valence-corrected chi connectivity index (χ1v) is 6.60. The fourth-order valence-electron chi connectivity index (χ4n) is 1.53. The van der Waals surface area contributed by atoms with Crippen LogP contribution in [0.25, 0.3) is 0 Å². The number of nitrogens with one attached hydrogen (secondary N) is 1. The summed E-state index contributed by atoms with van der Waals surface area (Å²) < 4.78 is 7.71. The van der Waals surface area contributed by atoms with Crippen LogP contribution in [0.15, 0.2) is 0 Å². The summed E-state index contributed by atoms with van der Waals surface area (Å²) in [5.41, 5.74) is -0.498. The topological polar surface area (TPSA) is 87.9 Å². The van der Waals surface area contributed by atoms with E-state index < -0.39 is 5.60 Å². The highest BCUT2D eigenvalue weighted by atomic mass is 32.2. The fourth-order valence-corrected chi connectivity index (χ4v) is 1.76. The Balaban J connectivity index is 2.39. The summed E-state index contributed by atoms with van der Waals surface area (Å²) in [4.78, 5) is 26.5. The molecule has 0 aromatic carbocycles. The highest BCUT2D eigenvalue weighted by Crippen LogP contribution is 2.11. The number of amides is 3. The molecule has 1 fully saturated rings. The Kier molecular flexibility index (Phi) is 5.09. The Bertz CT molecular complexity index is 311. The first kappa shape index (κ1) is 14.9. The minimum Gasteiger partial charge on any atom is -0.444 e. The molecule has 0 atom stereocenters. The molecule has 0 aliphatic carbocycles. The van der Waals surface area contributed by atoms with Crippen LogP contribution in [0.2, 0.25) is 0 Å². The van der Waals surface area contributed by atoms with E-state index in [4.69, 9.17) is 9.88 Å². The molecular formula is C10H20N4O3S. The molecule has 1 aliphatic heterocycles. The zero-order valence-electron chi connectivity index (χ0n) is 10.9. The zero-order valence-corrected chi connectivity index (χ0v) is 11.7. The number of nitrogens with zero attached hydrogens (tertiary/aromatic N) is 2. The van der Waals surface area contributed by atoms with Gasteiger partial charge in [-0.1, -0.05) is 0 Å². The molecule has 0 unspecified atom stereocenters. The highest BCUT2D eigenvalue weighted by molar-refractivity contribution is 7.95. The maximum Gasteiger partial charge on any atom is 0.410 e. The van der Waals surface area contributed by atoms with Crippen LogP contribution in [0.3, 0.4) is 0 Å². The molecule has 0 spiro atoms. The predicted molar refractivity (Wildman–Crippen MR) is 69.7 cm³/mol. The normalized spacial score (nSPS) is 16.4. The molecular weight excluding hydrogens is 256 g/mol. The molecule has 1 aliphatic rings.